The summed E-state index contributed by atoms with van der Waals surface area (Å²) in [6, 6.07) is 13.4. The van der Waals surface area contributed by atoms with Crippen LogP contribution in [-0.4, -0.2) is 89.7 Å². The Labute approximate surface area is 336 Å². The normalized spacial score (nSPS) is 20.9. The van der Waals surface area contributed by atoms with Crippen LogP contribution < -0.4 is 20.9 Å². The summed E-state index contributed by atoms with van der Waals surface area (Å²) in [5.41, 5.74) is 5.17. The van der Waals surface area contributed by atoms with Gasteiger partial charge in [-0.2, -0.15) is 15.0 Å². The summed E-state index contributed by atoms with van der Waals surface area (Å²) in [5.74, 6) is 0.992. The number of nitrogens with zero attached hydrogens (tertiary/aromatic N) is 10. The Morgan fingerprint density at radius 1 is 0.914 bits per heavy atom. The molecule has 4 aliphatic rings. The Balaban J connectivity index is 0.774. The van der Waals surface area contributed by atoms with Crippen LogP contribution in [0, 0.1) is 23.2 Å². The number of piperidine rings is 1. The van der Waals surface area contributed by atoms with Crippen molar-refractivity contribution in [3.63, 3.8) is 0 Å². The van der Waals surface area contributed by atoms with Gasteiger partial charge >= 0.3 is 6.03 Å². The molecule has 16 nitrogen and oxygen atoms in total. The van der Waals surface area contributed by atoms with E-state index in [1.165, 1.54) is 17.7 Å². The monoisotopic (exact) mass is 781 g/mol. The Morgan fingerprint density at radius 2 is 1.71 bits per heavy atom. The number of hydrogen-bond donors (Lipinski definition) is 3. The number of rotatable bonds is 10. The maximum absolute atomic E-state index is 13.1. The minimum Gasteiger partial charge on any atom is -0.382 e. The fraction of sp³-hybridized carbons (Fsp3) is 0.452. The number of imide groups is 1. The molecule has 0 atom stereocenters. The first-order valence-electron chi connectivity index (χ1n) is 20.5. The van der Waals surface area contributed by atoms with E-state index >= 15 is 0 Å². The van der Waals surface area contributed by atoms with E-state index in [1.807, 2.05) is 16.9 Å². The lowest BCUT2D eigenvalue weighted by Crippen LogP contribution is -2.49. The van der Waals surface area contributed by atoms with Crippen molar-refractivity contribution in [1.29, 1.82) is 5.26 Å². The number of nitrogens with one attached hydrogen (secondary N) is 3. The highest BCUT2D eigenvalue weighted by atomic mass is 16.2. The molecular weight excluding hydrogens is 735 g/mol. The first kappa shape index (κ1) is 37.4. The number of benzene rings is 1. The van der Waals surface area contributed by atoms with E-state index in [9.17, 15) is 19.6 Å². The largest absolute Gasteiger partial charge is 0.382 e. The summed E-state index contributed by atoms with van der Waals surface area (Å²) >= 11 is 0. The van der Waals surface area contributed by atoms with Gasteiger partial charge in [0.05, 0.1) is 24.0 Å². The van der Waals surface area contributed by atoms with Crippen molar-refractivity contribution < 1.29 is 14.4 Å². The van der Waals surface area contributed by atoms with Crippen LogP contribution in [0.3, 0.4) is 0 Å². The van der Waals surface area contributed by atoms with E-state index in [0.717, 1.165) is 93.3 Å². The number of amides is 4. The molecule has 3 N–H and O–H groups in total. The van der Waals surface area contributed by atoms with Gasteiger partial charge in [0.2, 0.25) is 11.8 Å². The minimum atomic E-state index is -0.423. The molecule has 5 aromatic rings. The molecule has 0 unspecified atom stereocenters. The summed E-state index contributed by atoms with van der Waals surface area (Å²) in [6.45, 7) is 3.21. The Hall–Kier alpha value is -6.21. The zero-order chi connectivity index (χ0) is 39.6. The van der Waals surface area contributed by atoms with Gasteiger partial charge < -0.3 is 15.5 Å². The third-order valence-corrected chi connectivity index (χ3v) is 12.3. The van der Waals surface area contributed by atoms with Crippen molar-refractivity contribution in [2.75, 3.05) is 41.7 Å². The predicted octanol–water partition coefficient (Wildman–Crippen LogP) is 5.83. The molecule has 2 aliphatic heterocycles. The number of carbonyl (C=O) groups excluding carboxylic acids is 3. The zero-order valence-corrected chi connectivity index (χ0v) is 32.4. The van der Waals surface area contributed by atoms with Crippen LogP contribution in [0.25, 0.3) is 28.1 Å². The second-order valence-corrected chi connectivity index (χ2v) is 16.1. The zero-order valence-electron chi connectivity index (χ0n) is 32.4. The lowest BCUT2D eigenvalue weighted by atomic mass is 9.85. The highest BCUT2D eigenvalue weighted by Crippen LogP contribution is 2.36. The van der Waals surface area contributed by atoms with Crippen LogP contribution in [0.5, 0.6) is 0 Å². The van der Waals surface area contributed by atoms with E-state index < -0.39 is 6.03 Å². The third kappa shape index (κ3) is 7.99. The Morgan fingerprint density at radius 3 is 2.47 bits per heavy atom. The fourth-order valence-electron chi connectivity index (χ4n) is 9.02. The Kier molecular flexibility index (Phi) is 10.5. The molecule has 4 aromatic heterocycles. The molecule has 58 heavy (non-hydrogen) atoms. The smallest absolute Gasteiger partial charge is 0.328 e. The van der Waals surface area contributed by atoms with E-state index in [2.05, 4.69) is 53.5 Å². The molecule has 9 rings (SSSR count). The quantitative estimate of drug-likeness (QED) is 0.155. The van der Waals surface area contributed by atoms with Crippen molar-refractivity contribution in [1.82, 2.24) is 45.0 Å². The van der Waals surface area contributed by atoms with Gasteiger partial charge in [-0.15, -0.1) is 5.10 Å². The standard InChI is InChI=1S/C42H47N13O3/c43-21-28-19-30-23-46-55(40(30)45-22-28)38-20-36(47-31-3-1-2-4-31)35(24-44-38)37-26-54(51-50-37)34-9-5-27(6-10-34)25-52-16-13-29(14-17-52)41(57)48-32-7-11-33(12-8-32)53-18-15-39(56)49-42(53)58/h7-8,11-12,19-20,22-24,26-27,29,31,34H,1-6,9-10,13-18,25H2,(H,44,47)(H,48,57)(H,49,56,58). The lowest BCUT2D eigenvalue weighted by Gasteiger charge is -2.36. The first-order valence-corrected chi connectivity index (χ1v) is 20.5. The highest BCUT2D eigenvalue weighted by molar-refractivity contribution is 6.05. The average molecular weight is 782 g/mol. The van der Waals surface area contributed by atoms with Gasteiger partial charge in [0.15, 0.2) is 11.5 Å². The number of likely N-dealkylation sites (tertiary alicyclic amines) is 1. The number of nitriles is 1. The number of pyridine rings is 2. The highest BCUT2D eigenvalue weighted by Gasteiger charge is 2.30. The molecule has 1 aromatic carbocycles. The molecule has 2 saturated heterocycles. The van der Waals surface area contributed by atoms with E-state index in [1.54, 1.807) is 47.4 Å². The number of fused-ring (bicyclic) bond motifs is 1. The number of anilines is 3. The van der Waals surface area contributed by atoms with Gasteiger partial charge in [0, 0.05) is 77.9 Å². The molecule has 298 valence electrons. The van der Waals surface area contributed by atoms with Crippen LogP contribution >= 0.6 is 0 Å². The maximum atomic E-state index is 13.1. The van der Waals surface area contributed by atoms with Crippen LogP contribution in [0.2, 0.25) is 0 Å². The summed E-state index contributed by atoms with van der Waals surface area (Å²) in [5, 5.41) is 33.1. The summed E-state index contributed by atoms with van der Waals surface area (Å²) in [7, 11) is 0. The predicted molar refractivity (Wildman–Crippen MR) is 217 cm³/mol. The molecule has 6 heterocycles. The van der Waals surface area contributed by atoms with E-state index in [4.69, 9.17) is 4.98 Å². The molecule has 4 amide bonds. The molecular formula is C42H47N13O3. The van der Waals surface area contributed by atoms with Gasteiger partial charge in [0.25, 0.3) is 0 Å². The van der Waals surface area contributed by atoms with Crippen LogP contribution in [0.15, 0.2) is 61.2 Å². The second-order valence-electron chi connectivity index (χ2n) is 16.1. The van der Waals surface area contributed by atoms with Crippen molar-refractivity contribution in [3.8, 4) is 23.1 Å². The van der Waals surface area contributed by atoms with Crippen molar-refractivity contribution in [2.45, 2.75) is 82.7 Å². The van der Waals surface area contributed by atoms with Gasteiger partial charge in [-0.25, -0.2) is 19.4 Å². The summed E-state index contributed by atoms with van der Waals surface area (Å²) < 4.78 is 3.75. The number of hydrogen-bond acceptors (Lipinski definition) is 11. The molecule has 2 aliphatic carbocycles. The van der Waals surface area contributed by atoms with Crippen molar-refractivity contribution in [2.24, 2.45) is 11.8 Å². The number of carbonyl (C=O) groups is 3. The average Bonchev–Trinajstić information content (AvgIpc) is 4.04. The molecule has 16 heteroatoms. The fourth-order valence-corrected chi connectivity index (χ4v) is 9.02. The third-order valence-electron chi connectivity index (χ3n) is 12.3. The SMILES string of the molecule is N#Cc1cnc2c(cnn2-c2cc(NC3CCCC3)c(-c3cn(C4CCC(CN5CCC(C(=O)Nc6ccc(N7CCC(=O)NC7=O)cc6)CC5)CC4)nn3)cn2)c1. The number of aromatic nitrogens is 7. The van der Waals surface area contributed by atoms with Gasteiger partial charge in [-0.3, -0.25) is 19.8 Å². The molecule has 2 saturated carbocycles. The summed E-state index contributed by atoms with van der Waals surface area (Å²) in [4.78, 5) is 50.1. The first-order chi connectivity index (χ1) is 28.4. The molecule has 0 radical (unpaired) electrons. The Bertz CT molecular complexity index is 2340. The van der Waals surface area contributed by atoms with Gasteiger partial charge in [-0.1, -0.05) is 18.1 Å². The second kappa shape index (κ2) is 16.3. The summed E-state index contributed by atoms with van der Waals surface area (Å²) in [6.07, 6.45) is 18.1. The van der Waals surface area contributed by atoms with Gasteiger partial charge in [-0.05, 0) is 101 Å². The molecule has 0 bridgehead atoms. The van der Waals surface area contributed by atoms with Crippen molar-refractivity contribution >= 4 is 45.9 Å². The van der Waals surface area contributed by atoms with E-state index in [-0.39, 0.29) is 24.2 Å². The molecule has 4 fully saturated rings. The van der Waals surface area contributed by atoms with Crippen LogP contribution in [-0.2, 0) is 9.59 Å². The topological polar surface area (TPSA) is 192 Å². The van der Waals surface area contributed by atoms with Gasteiger partial charge in [0.1, 0.15) is 11.8 Å². The van der Waals surface area contributed by atoms with E-state index in [0.29, 0.717) is 52.9 Å². The minimum absolute atomic E-state index is 0.0338. The molecule has 0 spiro atoms. The van der Waals surface area contributed by atoms with Crippen molar-refractivity contribution in [3.05, 3.63) is 66.7 Å². The van der Waals surface area contributed by atoms with Crippen LogP contribution in [0.4, 0.5) is 21.9 Å². The van der Waals surface area contributed by atoms with Crippen LogP contribution in [0.1, 0.15) is 82.2 Å². The maximum Gasteiger partial charge on any atom is 0.328 e. The lowest BCUT2D eigenvalue weighted by molar-refractivity contribution is -0.121. The number of urea groups is 1.